The van der Waals surface area contributed by atoms with Crippen LogP contribution < -0.4 is 15.9 Å². The molecule has 0 unspecified atom stereocenters. The van der Waals surface area contributed by atoms with Crippen LogP contribution in [0.4, 0.5) is 0 Å². The van der Waals surface area contributed by atoms with Crippen molar-refractivity contribution in [3.63, 3.8) is 0 Å². The van der Waals surface area contributed by atoms with Crippen LogP contribution in [0.1, 0.15) is 19.8 Å². The van der Waals surface area contributed by atoms with E-state index in [1.165, 1.54) is 34.9 Å². The maximum Gasteiger partial charge on any atom is 0.112 e. The molecule has 0 aliphatic heterocycles. The molecule has 3 aromatic carbocycles. The molecule has 0 amide bonds. The number of rotatable bonds is 6. The summed E-state index contributed by atoms with van der Waals surface area (Å²) in [6.07, 6.45) is 3.72. The molecule has 0 saturated carbocycles. The van der Waals surface area contributed by atoms with Gasteiger partial charge in [-0.25, -0.2) is 0 Å². The molecule has 24 heavy (non-hydrogen) atoms. The van der Waals surface area contributed by atoms with Gasteiger partial charge in [-0.1, -0.05) is 67.9 Å². The molecular formula is C22H25OP. The Morgan fingerprint density at radius 3 is 1.21 bits per heavy atom. The molecule has 0 aliphatic carbocycles. The van der Waals surface area contributed by atoms with Gasteiger partial charge in [0, 0.05) is 0 Å². The molecule has 0 fully saturated rings. The Kier molecular flexibility index (Phi) is 6.73. The molecule has 0 saturated heterocycles. The SMILES string of the molecule is CCCC[P+](c1ccccc1)(c1ccccc1)c1ccccc1.[OH-]. The van der Waals surface area contributed by atoms with Gasteiger partial charge in [-0.2, -0.15) is 0 Å². The number of hydrogen-bond donors (Lipinski definition) is 0. The van der Waals surface area contributed by atoms with E-state index >= 15 is 0 Å². The minimum Gasteiger partial charge on any atom is -0.870 e. The summed E-state index contributed by atoms with van der Waals surface area (Å²) in [5, 5.41) is 4.47. The number of unbranched alkanes of at least 4 members (excludes halogenated alkanes) is 1. The molecule has 1 N–H and O–H groups in total. The minimum atomic E-state index is -1.57. The molecule has 124 valence electrons. The first-order valence-electron chi connectivity index (χ1n) is 8.43. The monoisotopic (exact) mass is 336 g/mol. The van der Waals surface area contributed by atoms with E-state index in [0.29, 0.717) is 0 Å². The van der Waals surface area contributed by atoms with Crippen LogP contribution >= 0.6 is 7.26 Å². The van der Waals surface area contributed by atoms with Gasteiger partial charge in [0.2, 0.25) is 0 Å². The predicted octanol–water partition coefficient (Wildman–Crippen LogP) is 4.60. The third-order valence-electron chi connectivity index (χ3n) is 4.44. The maximum absolute atomic E-state index is 2.32. The van der Waals surface area contributed by atoms with E-state index in [2.05, 4.69) is 97.9 Å². The first kappa shape index (κ1) is 18.4. The number of benzene rings is 3. The van der Waals surface area contributed by atoms with Crippen LogP contribution in [0.25, 0.3) is 0 Å². The highest BCUT2D eigenvalue weighted by Crippen LogP contribution is 2.55. The summed E-state index contributed by atoms with van der Waals surface area (Å²) in [4.78, 5) is 0. The summed E-state index contributed by atoms with van der Waals surface area (Å²) in [6.45, 7) is 2.29. The van der Waals surface area contributed by atoms with Crippen LogP contribution in [0.2, 0.25) is 0 Å². The molecule has 0 aromatic heterocycles. The lowest BCUT2D eigenvalue weighted by Gasteiger charge is -2.27. The van der Waals surface area contributed by atoms with E-state index in [1.807, 2.05) is 0 Å². The van der Waals surface area contributed by atoms with Gasteiger partial charge < -0.3 is 5.48 Å². The van der Waals surface area contributed by atoms with E-state index in [-0.39, 0.29) is 5.48 Å². The van der Waals surface area contributed by atoms with E-state index in [4.69, 9.17) is 0 Å². The quantitative estimate of drug-likeness (QED) is 0.605. The Balaban J connectivity index is 0.00000208. The summed E-state index contributed by atoms with van der Waals surface area (Å²) >= 11 is 0. The third-order valence-corrected chi connectivity index (χ3v) is 8.96. The summed E-state index contributed by atoms with van der Waals surface area (Å²) in [7, 11) is -1.57. The average Bonchev–Trinajstić information content (AvgIpc) is 2.65. The van der Waals surface area contributed by atoms with Crippen molar-refractivity contribution in [1.29, 1.82) is 0 Å². The number of hydrogen-bond acceptors (Lipinski definition) is 1. The fourth-order valence-corrected chi connectivity index (χ4v) is 7.78. The van der Waals surface area contributed by atoms with Gasteiger partial charge >= 0.3 is 0 Å². The summed E-state index contributed by atoms with van der Waals surface area (Å²) in [5.41, 5.74) is 0. The van der Waals surface area contributed by atoms with E-state index < -0.39 is 7.26 Å². The first-order chi connectivity index (χ1) is 11.4. The van der Waals surface area contributed by atoms with Crippen LogP contribution in [-0.2, 0) is 0 Å². The van der Waals surface area contributed by atoms with Crippen molar-refractivity contribution in [3.05, 3.63) is 91.0 Å². The lowest BCUT2D eigenvalue weighted by atomic mass is 10.3. The zero-order chi connectivity index (χ0) is 16.0. The molecule has 0 radical (unpaired) electrons. The van der Waals surface area contributed by atoms with Crippen molar-refractivity contribution in [3.8, 4) is 0 Å². The molecule has 0 bridgehead atoms. The first-order valence-corrected chi connectivity index (χ1v) is 10.4. The van der Waals surface area contributed by atoms with Crippen molar-refractivity contribution < 1.29 is 5.48 Å². The van der Waals surface area contributed by atoms with Crippen molar-refractivity contribution in [2.45, 2.75) is 19.8 Å². The second kappa shape index (κ2) is 8.78. The maximum atomic E-state index is 2.32. The molecule has 2 heteroatoms. The van der Waals surface area contributed by atoms with Crippen LogP contribution in [0.15, 0.2) is 91.0 Å². The van der Waals surface area contributed by atoms with Gasteiger partial charge in [-0.05, 0) is 42.8 Å². The fourth-order valence-electron chi connectivity index (χ4n) is 3.28. The summed E-state index contributed by atoms with van der Waals surface area (Å²) in [6, 6.07) is 33.4. The highest BCUT2D eigenvalue weighted by Gasteiger charge is 2.44. The summed E-state index contributed by atoms with van der Waals surface area (Å²) < 4.78 is 0. The molecule has 0 aliphatic rings. The average molecular weight is 336 g/mol. The van der Waals surface area contributed by atoms with Gasteiger partial charge in [0.05, 0.1) is 6.16 Å². The normalized spacial score (nSPS) is 10.9. The van der Waals surface area contributed by atoms with Crippen LogP contribution in [0.5, 0.6) is 0 Å². The van der Waals surface area contributed by atoms with Crippen LogP contribution in [0, 0.1) is 0 Å². The molecule has 0 heterocycles. The highest BCUT2D eigenvalue weighted by molar-refractivity contribution is 7.95. The zero-order valence-electron chi connectivity index (χ0n) is 14.2. The largest absolute Gasteiger partial charge is 0.870 e. The van der Waals surface area contributed by atoms with Gasteiger partial charge in [0.1, 0.15) is 23.2 Å². The van der Waals surface area contributed by atoms with Gasteiger partial charge in [-0.15, -0.1) is 0 Å². The van der Waals surface area contributed by atoms with Crippen molar-refractivity contribution in [2.75, 3.05) is 6.16 Å². The molecule has 0 atom stereocenters. The van der Waals surface area contributed by atoms with Crippen LogP contribution in [-0.4, -0.2) is 11.6 Å². The second-order valence-electron chi connectivity index (χ2n) is 5.89. The lowest BCUT2D eigenvalue weighted by Crippen LogP contribution is -2.33. The minimum absolute atomic E-state index is 0. The lowest BCUT2D eigenvalue weighted by molar-refractivity contribution is 0.824. The molecule has 1 nitrogen and oxygen atoms in total. The Labute approximate surface area is 146 Å². The summed E-state index contributed by atoms with van der Waals surface area (Å²) in [5.74, 6) is 0. The second-order valence-corrected chi connectivity index (χ2v) is 9.51. The van der Waals surface area contributed by atoms with Crippen molar-refractivity contribution >= 4 is 23.2 Å². The van der Waals surface area contributed by atoms with E-state index in [1.54, 1.807) is 0 Å². The third kappa shape index (κ3) is 3.59. The Morgan fingerprint density at radius 1 is 0.583 bits per heavy atom. The zero-order valence-corrected chi connectivity index (χ0v) is 15.1. The van der Waals surface area contributed by atoms with E-state index in [9.17, 15) is 0 Å². The topological polar surface area (TPSA) is 30.0 Å². The molecule has 3 aromatic rings. The molecule has 0 spiro atoms. The standard InChI is InChI=1S/C22H24P.H2O/c1-2-3-19-23(20-13-7-4-8-14-20,21-15-9-5-10-16-21)22-17-11-6-12-18-22;/h4-18H,2-3,19H2,1H3;1H2/q+1;/p-1. The van der Waals surface area contributed by atoms with Gasteiger partial charge in [0.15, 0.2) is 0 Å². The van der Waals surface area contributed by atoms with Crippen molar-refractivity contribution in [1.82, 2.24) is 0 Å². The van der Waals surface area contributed by atoms with Gasteiger partial charge in [0.25, 0.3) is 0 Å². The fraction of sp³-hybridized carbons (Fsp3) is 0.182. The Bertz CT molecular complexity index is 614. The molecule has 3 rings (SSSR count). The predicted molar refractivity (Wildman–Crippen MR) is 107 cm³/mol. The highest BCUT2D eigenvalue weighted by atomic mass is 31.2. The van der Waals surface area contributed by atoms with E-state index in [0.717, 1.165) is 0 Å². The smallest absolute Gasteiger partial charge is 0.112 e. The Hall–Kier alpha value is -1.95. The Morgan fingerprint density at radius 2 is 0.917 bits per heavy atom. The van der Waals surface area contributed by atoms with Gasteiger partial charge in [-0.3, -0.25) is 0 Å². The van der Waals surface area contributed by atoms with Crippen molar-refractivity contribution in [2.24, 2.45) is 0 Å². The van der Waals surface area contributed by atoms with Crippen LogP contribution in [0.3, 0.4) is 0 Å². The molecular weight excluding hydrogens is 311 g/mol.